The zero-order valence-corrected chi connectivity index (χ0v) is 22.0. The van der Waals surface area contributed by atoms with Crippen molar-refractivity contribution in [1.82, 2.24) is 0 Å². The monoisotopic (exact) mass is 466 g/mol. The third-order valence-electron chi connectivity index (χ3n) is 5.35. The molecule has 1 atom stereocenters. The Bertz CT molecular complexity index is 429. The van der Waals surface area contributed by atoms with Crippen LogP contribution in [0.3, 0.4) is 0 Å². The van der Waals surface area contributed by atoms with E-state index in [0.29, 0.717) is 24.1 Å². The van der Waals surface area contributed by atoms with Crippen LogP contribution in [0.15, 0.2) is 0 Å². The molecule has 0 aliphatic rings. The van der Waals surface area contributed by atoms with Crippen molar-refractivity contribution >= 4 is 7.82 Å². The van der Waals surface area contributed by atoms with Crippen LogP contribution in [-0.4, -0.2) is 63.5 Å². The summed E-state index contributed by atoms with van der Waals surface area (Å²) in [5.74, 6) is 0. The van der Waals surface area contributed by atoms with E-state index >= 15 is 0 Å². The van der Waals surface area contributed by atoms with Gasteiger partial charge in [-0.2, -0.15) is 0 Å². The van der Waals surface area contributed by atoms with E-state index in [0.717, 1.165) is 13.0 Å². The second kappa shape index (κ2) is 20.6. The average Bonchev–Trinajstić information content (AvgIpc) is 2.68. The minimum absolute atomic E-state index is 0.177. The van der Waals surface area contributed by atoms with Gasteiger partial charge in [-0.1, -0.05) is 90.4 Å². The van der Waals surface area contributed by atoms with E-state index in [-0.39, 0.29) is 13.2 Å². The molecule has 0 saturated heterocycles. The second-order valence-electron chi connectivity index (χ2n) is 9.71. The highest BCUT2D eigenvalue weighted by Gasteiger charge is 2.21. The summed E-state index contributed by atoms with van der Waals surface area (Å²) in [5.41, 5.74) is 0. The highest BCUT2D eigenvalue weighted by Crippen LogP contribution is 2.43. The van der Waals surface area contributed by atoms with Gasteiger partial charge in [0.05, 0.1) is 27.7 Å². The Morgan fingerprint density at radius 2 is 1.03 bits per heavy atom. The van der Waals surface area contributed by atoms with Crippen LogP contribution >= 0.6 is 7.82 Å². The maximum Gasteiger partial charge on any atom is 0.472 e. The third-order valence-corrected chi connectivity index (χ3v) is 6.36. The van der Waals surface area contributed by atoms with Crippen molar-refractivity contribution in [3.8, 4) is 0 Å². The number of ether oxygens (including phenoxy) is 1. The SMILES string of the molecule is CCCCCCCCCCCCCCCCOCCCOP(=O)(O)OCC[N+](C)(C)C. The Morgan fingerprint density at radius 3 is 1.52 bits per heavy atom. The van der Waals surface area contributed by atoms with Gasteiger partial charge in [-0.25, -0.2) is 4.57 Å². The molecule has 1 N–H and O–H groups in total. The predicted octanol–water partition coefficient (Wildman–Crippen LogP) is 6.71. The molecular formula is C24H53NO5P+. The van der Waals surface area contributed by atoms with E-state index in [1.165, 1.54) is 83.5 Å². The van der Waals surface area contributed by atoms with Crippen molar-refractivity contribution in [2.45, 2.75) is 103 Å². The van der Waals surface area contributed by atoms with Crippen molar-refractivity contribution in [1.29, 1.82) is 0 Å². The Labute approximate surface area is 193 Å². The summed E-state index contributed by atoms with van der Waals surface area (Å²) in [4.78, 5) is 9.62. The van der Waals surface area contributed by atoms with Gasteiger partial charge >= 0.3 is 7.82 Å². The first-order valence-electron chi connectivity index (χ1n) is 12.8. The fourth-order valence-electron chi connectivity index (χ4n) is 3.31. The second-order valence-corrected chi connectivity index (χ2v) is 11.2. The molecular weight excluding hydrogens is 413 g/mol. The van der Waals surface area contributed by atoms with Crippen molar-refractivity contribution in [3.05, 3.63) is 0 Å². The molecule has 7 heteroatoms. The molecule has 0 radical (unpaired) electrons. The predicted molar refractivity (Wildman–Crippen MR) is 130 cm³/mol. The molecule has 0 rings (SSSR count). The Hall–Kier alpha value is 0.0300. The van der Waals surface area contributed by atoms with Crippen LogP contribution in [0.25, 0.3) is 0 Å². The van der Waals surface area contributed by atoms with Crippen LogP contribution in [0, 0.1) is 0 Å². The van der Waals surface area contributed by atoms with E-state index in [9.17, 15) is 9.46 Å². The lowest BCUT2D eigenvalue weighted by molar-refractivity contribution is -0.870. The van der Waals surface area contributed by atoms with Crippen LogP contribution in [0.2, 0.25) is 0 Å². The lowest BCUT2D eigenvalue weighted by Crippen LogP contribution is -2.37. The standard InChI is InChI=1S/C24H52NO5P/c1-5-6-7-8-9-10-11-12-13-14-15-16-17-18-21-28-22-19-23-29-31(26,27)30-24-20-25(2,3)4/h5-24H2,1-4H3/p+1. The van der Waals surface area contributed by atoms with E-state index in [1.54, 1.807) is 0 Å². The van der Waals surface area contributed by atoms with E-state index in [1.807, 2.05) is 21.1 Å². The molecule has 0 aliphatic heterocycles. The van der Waals surface area contributed by atoms with E-state index < -0.39 is 7.82 Å². The van der Waals surface area contributed by atoms with Crippen molar-refractivity contribution in [2.24, 2.45) is 0 Å². The van der Waals surface area contributed by atoms with Crippen LogP contribution < -0.4 is 0 Å². The summed E-state index contributed by atoms with van der Waals surface area (Å²) in [5, 5.41) is 0. The van der Waals surface area contributed by atoms with Crippen LogP contribution in [0.5, 0.6) is 0 Å². The number of hydrogen-bond donors (Lipinski definition) is 1. The summed E-state index contributed by atoms with van der Waals surface area (Å²) in [6.45, 7) is 4.61. The molecule has 0 heterocycles. The van der Waals surface area contributed by atoms with Gasteiger partial charge in [0.2, 0.25) is 0 Å². The van der Waals surface area contributed by atoms with Gasteiger partial charge < -0.3 is 14.1 Å². The fourth-order valence-corrected chi connectivity index (χ4v) is 4.06. The van der Waals surface area contributed by atoms with E-state index in [2.05, 4.69) is 6.92 Å². The Kier molecular flexibility index (Phi) is 20.6. The highest BCUT2D eigenvalue weighted by atomic mass is 31.2. The number of rotatable bonds is 24. The van der Waals surface area contributed by atoms with E-state index in [4.69, 9.17) is 13.8 Å². The molecule has 0 aliphatic carbocycles. The molecule has 0 saturated carbocycles. The lowest BCUT2D eigenvalue weighted by Gasteiger charge is -2.24. The minimum Gasteiger partial charge on any atom is -0.381 e. The molecule has 0 bridgehead atoms. The summed E-state index contributed by atoms with van der Waals surface area (Å²) in [6.07, 6.45) is 19.6. The van der Waals surface area contributed by atoms with Gasteiger partial charge in [0.15, 0.2) is 0 Å². The largest absolute Gasteiger partial charge is 0.472 e. The van der Waals surface area contributed by atoms with Crippen LogP contribution in [0.1, 0.15) is 103 Å². The molecule has 6 nitrogen and oxygen atoms in total. The first-order chi connectivity index (χ1) is 14.8. The zero-order valence-electron chi connectivity index (χ0n) is 21.1. The molecule has 0 aromatic carbocycles. The van der Waals surface area contributed by atoms with Crippen molar-refractivity contribution in [2.75, 3.05) is 54.1 Å². The molecule has 0 spiro atoms. The summed E-state index contributed by atoms with van der Waals surface area (Å²) in [6, 6.07) is 0. The van der Waals surface area contributed by atoms with Gasteiger partial charge in [0.1, 0.15) is 13.2 Å². The van der Waals surface area contributed by atoms with Gasteiger partial charge in [0, 0.05) is 13.2 Å². The zero-order chi connectivity index (χ0) is 23.3. The first kappa shape index (κ1) is 31.0. The smallest absolute Gasteiger partial charge is 0.381 e. The Morgan fingerprint density at radius 1 is 0.613 bits per heavy atom. The molecule has 0 aromatic rings. The fraction of sp³-hybridized carbons (Fsp3) is 1.00. The quantitative estimate of drug-likeness (QED) is 0.0972. The van der Waals surface area contributed by atoms with Crippen molar-refractivity contribution < 1.29 is 27.7 Å². The number of hydrogen-bond acceptors (Lipinski definition) is 4. The minimum atomic E-state index is -3.94. The number of likely N-dealkylation sites (N-methyl/N-ethyl adjacent to an activating group) is 1. The summed E-state index contributed by atoms with van der Waals surface area (Å²) >= 11 is 0. The normalized spacial score (nSPS) is 14.1. The molecule has 31 heavy (non-hydrogen) atoms. The maximum atomic E-state index is 11.7. The third kappa shape index (κ3) is 26.2. The summed E-state index contributed by atoms with van der Waals surface area (Å²) in [7, 11) is 2.07. The lowest BCUT2D eigenvalue weighted by atomic mass is 10.0. The topological polar surface area (TPSA) is 65.0 Å². The van der Waals surface area contributed by atoms with Crippen LogP contribution in [0.4, 0.5) is 0 Å². The van der Waals surface area contributed by atoms with Crippen molar-refractivity contribution in [3.63, 3.8) is 0 Å². The highest BCUT2D eigenvalue weighted by molar-refractivity contribution is 7.47. The van der Waals surface area contributed by atoms with Gasteiger partial charge in [0.25, 0.3) is 0 Å². The molecule has 1 unspecified atom stereocenters. The maximum absolute atomic E-state index is 11.7. The first-order valence-corrected chi connectivity index (χ1v) is 14.3. The number of quaternary nitrogens is 1. The Balaban J connectivity index is 3.25. The molecule has 0 amide bonds. The molecule has 0 aromatic heterocycles. The van der Waals surface area contributed by atoms with Gasteiger partial charge in [-0.15, -0.1) is 0 Å². The number of nitrogens with zero attached hydrogens (tertiary/aromatic N) is 1. The van der Waals surface area contributed by atoms with Crippen LogP contribution in [-0.2, 0) is 18.3 Å². The molecule has 0 fully saturated rings. The number of phosphoric ester groups is 1. The molecule has 188 valence electrons. The number of unbranched alkanes of at least 4 members (excludes halogenated alkanes) is 13. The average molecular weight is 467 g/mol. The van der Waals surface area contributed by atoms with Gasteiger partial charge in [-0.3, -0.25) is 9.05 Å². The summed E-state index contributed by atoms with van der Waals surface area (Å²) < 4.78 is 28.0. The van der Waals surface area contributed by atoms with Gasteiger partial charge in [-0.05, 0) is 12.8 Å². The number of phosphoric acid groups is 1.